The van der Waals surface area contributed by atoms with Gasteiger partial charge in [-0.1, -0.05) is 103 Å². The quantitative estimate of drug-likeness (QED) is 0.194. The first-order valence-corrected chi connectivity index (χ1v) is 17.1. The number of furan rings is 1. The Kier molecular flexibility index (Phi) is 5.65. The second-order valence-corrected chi connectivity index (χ2v) is 13.8. The summed E-state index contributed by atoms with van der Waals surface area (Å²) in [6.07, 6.45) is 0. The minimum atomic E-state index is 0.891. The molecular formula is C42H25NOS2. The molecule has 7 aromatic carbocycles. The zero-order chi connectivity index (χ0) is 30.2. The highest BCUT2D eigenvalue weighted by Gasteiger charge is 2.24. The van der Waals surface area contributed by atoms with E-state index in [2.05, 4.69) is 157 Å². The van der Waals surface area contributed by atoms with Gasteiger partial charge in [0.05, 0.1) is 21.5 Å². The van der Waals surface area contributed by atoms with Gasteiger partial charge in [-0.2, -0.15) is 0 Å². The predicted molar refractivity (Wildman–Crippen MR) is 200 cm³/mol. The normalized spacial score (nSPS) is 11.9. The maximum absolute atomic E-state index is 6.72. The molecule has 0 atom stereocenters. The van der Waals surface area contributed by atoms with E-state index in [1.165, 1.54) is 46.0 Å². The highest BCUT2D eigenvalue weighted by molar-refractivity contribution is 7.26. The number of benzene rings is 7. The molecule has 0 aliphatic heterocycles. The van der Waals surface area contributed by atoms with Crippen LogP contribution in [0.3, 0.4) is 0 Å². The second kappa shape index (κ2) is 10.0. The fraction of sp³-hybridized carbons (Fsp3) is 0. The highest BCUT2D eigenvalue weighted by atomic mass is 32.1. The molecule has 4 heteroatoms. The van der Waals surface area contributed by atoms with Crippen LogP contribution in [0.1, 0.15) is 0 Å². The third kappa shape index (κ3) is 3.81. The molecule has 3 heterocycles. The lowest BCUT2D eigenvalue weighted by molar-refractivity contribution is 0.670. The second-order valence-electron chi connectivity index (χ2n) is 11.7. The molecule has 0 radical (unpaired) electrons. The van der Waals surface area contributed by atoms with Crippen molar-refractivity contribution >= 4 is 102 Å². The van der Waals surface area contributed by atoms with Gasteiger partial charge in [0.2, 0.25) is 0 Å². The first kappa shape index (κ1) is 25.9. The first-order chi connectivity index (χ1) is 22.8. The number of para-hydroxylation sites is 1. The Labute approximate surface area is 273 Å². The molecule has 0 aliphatic carbocycles. The van der Waals surface area contributed by atoms with Gasteiger partial charge < -0.3 is 9.32 Å². The van der Waals surface area contributed by atoms with Gasteiger partial charge in [0.25, 0.3) is 0 Å². The van der Waals surface area contributed by atoms with Crippen LogP contribution in [0.5, 0.6) is 0 Å². The smallest absolute Gasteiger partial charge is 0.145 e. The van der Waals surface area contributed by atoms with Crippen molar-refractivity contribution in [3.8, 4) is 11.1 Å². The maximum Gasteiger partial charge on any atom is 0.145 e. The fourth-order valence-corrected chi connectivity index (χ4v) is 9.36. The third-order valence-corrected chi connectivity index (χ3v) is 11.4. The summed E-state index contributed by atoms with van der Waals surface area (Å²) >= 11 is 3.72. The number of hydrogen-bond donors (Lipinski definition) is 0. The Morgan fingerprint density at radius 1 is 0.457 bits per heavy atom. The molecule has 0 saturated carbocycles. The molecule has 0 N–H and O–H groups in total. The van der Waals surface area contributed by atoms with E-state index in [-0.39, 0.29) is 0 Å². The van der Waals surface area contributed by atoms with Crippen molar-refractivity contribution < 1.29 is 4.42 Å². The van der Waals surface area contributed by atoms with Crippen molar-refractivity contribution in [3.63, 3.8) is 0 Å². The first-order valence-electron chi connectivity index (χ1n) is 15.4. The molecule has 0 amide bonds. The molecule has 0 unspecified atom stereocenters. The molecular weight excluding hydrogens is 599 g/mol. The number of fused-ring (bicyclic) bond motifs is 9. The third-order valence-electron chi connectivity index (χ3n) is 9.07. The average molecular weight is 624 g/mol. The number of hydrogen-bond acceptors (Lipinski definition) is 4. The molecule has 216 valence electrons. The highest BCUT2D eigenvalue weighted by Crippen LogP contribution is 2.50. The van der Waals surface area contributed by atoms with Gasteiger partial charge in [-0.15, -0.1) is 22.7 Å². The number of nitrogens with zero attached hydrogens (tertiary/aromatic N) is 1. The summed E-state index contributed by atoms with van der Waals surface area (Å²) in [4.78, 5) is 2.46. The van der Waals surface area contributed by atoms with Gasteiger partial charge in [0.1, 0.15) is 11.2 Å². The van der Waals surface area contributed by atoms with Crippen LogP contribution < -0.4 is 4.90 Å². The predicted octanol–water partition coefficient (Wildman–Crippen LogP) is 13.5. The molecule has 0 fully saturated rings. The Bertz CT molecular complexity index is 2770. The van der Waals surface area contributed by atoms with Gasteiger partial charge in [0, 0.05) is 52.3 Å². The van der Waals surface area contributed by atoms with Crippen LogP contribution in [0.4, 0.5) is 17.1 Å². The molecule has 46 heavy (non-hydrogen) atoms. The lowest BCUT2D eigenvalue weighted by atomic mass is 9.99. The maximum atomic E-state index is 6.72. The molecule has 2 nitrogen and oxygen atoms in total. The Morgan fingerprint density at radius 3 is 1.98 bits per heavy atom. The number of rotatable bonds is 4. The van der Waals surface area contributed by atoms with E-state index in [1.54, 1.807) is 0 Å². The summed E-state index contributed by atoms with van der Waals surface area (Å²) in [6.45, 7) is 0. The standard InChI is InChI=1S/C42H25NOS2/c1-2-11-26(12-3-1)28-23-24-34(40-33-15-4-7-18-36(33)44-41(28)40)43(27-21-22-31-29-13-5-8-19-37(29)45-39(31)25-27)35-17-10-16-32-30-14-6-9-20-38(30)46-42(32)35/h1-25H. The monoisotopic (exact) mass is 623 g/mol. The minimum Gasteiger partial charge on any atom is -0.455 e. The lowest BCUT2D eigenvalue weighted by Crippen LogP contribution is -2.10. The van der Waals surface area contributed by atoms with Crippen molar-refractivity contribution in [2.75, 3.05) is 4.90 Å². The largest absolute Gasteiger partial charge is 0.455 e. The van der Waals surface area contributed by atoms with Crippen molar-refractivity contribution in [2.24, 2.45) is 0 Å². The van der Waals surface area contributed by atoms with Crippen LogP contribution >= 0.6 is 22.7 Å². The summed E-state index contributed by atoms with van der Waals surface area (Å²) in [7, 11) is 0. The summed E-state index contributed by atoms with van der Waals surface area (Å²) in [6, 6.07) is 54.6. The summed E-state index contributed by atoms with van der Waals surface area (Å²) in [5, 5.41) is 7.40. The van der Waals surface area contributed by atoms with Gasteiger partial charge in [-0.3, -0.25) is 0 Å². The zero-order valence-corrected chi connectivity index (χ0v) is 26.2. The van der Waals surface area contributed by atoms with Crippen LogP contribution in [0, 0.1) is 0 Å². The van der Waals surface area contributed by atoms with Crippen molar-refractivity contribution in [3.05, 3.63) is 152 Å². The minimum absolute atomic E-state index is 0.891. The van der Waals surface area contributed by atoms with Gasteiger partial charge in [-0.25, -0.2) is 0 Å². The summed E-state index contributed by atoms with van der Waals surface area (Å²) < 4.78 is 11.9. The molecule has 0 aliphatic rings. The van der Waals surface area contributed by atoms with Crippen LogP contribution in [0.15, 0.2) is 156 Å². The topological polar surface area (TPSA) is 16.4 Å². The van der Waals surface area contributed by atoms with Crippen molar-refractivity contribution in [1.82, 2.24) is 0 Å². The Morgan fingerprint density at radius 2 is 1.13 bits per heavy atom. The summed E-state index contributed by atoms with van der Waals surface area (Å²) in [5.41, 5.74) is 7.42. The van der Waals surface area contributed by atoms with E-state index >= 15 is 0 Å². The molecule has 3 aromatic heterocycles. The zero-order valence-electron chi connectivity index (χ0n) is 24.6. The van der Waals surface area contributed by atoms with Crippen molar-refractivity contribution in [1.29, 1.82) is 0 Å². The molecule has 0 spiro atoms. The van der Waals surface area contributed by atoms with E-state index in [9.17, 15) is 0 Å². The van der Waals surface area contributed by atoms with Gasteiger partial charge in [-0.05, 0) is 54.1 Å². The van der Waals surface area contributed by atoms with E-state index in [1.807, 2.05) is 22.7 Å². The van der Waals surface area contributed by atoms with E-state index in [4.69, 9.17) is 4.42 Å². The number of thiophene rings is 2. The van der Waals surface area contributed by atoms with Crippen LogP contribution in [0.2, 0.25) is 0 Å². The van der Waals surface area contributed by atoms with Crippen LogP contribution in [-0.4, -0.2) is 0 Å². The average Bonchev–Trinajstić information content (AvgIpc) is 3.80. The lowest BCUT2D eigenvalue weighted by Gasteiger charge is -2.27. The Hall–Kier alpha value is -5.42. The van der Waals surface area contributed by atoms with Gasteiger partial charge in [0.15, 0.2) is 0 Å². The molecule has 10 rings (SSSR count). The SMILES string of the molecule is c1ccc(-c2ccc(N(c3ccc4c(c3)sc3ccccc34)c3cccc4c3sc3ccccc34)c3c2oc2ccccc23)cc1. The molecule has 0 bridgehead atoms. The Balaban J connectivity index is 1.32. The summed E-state index contributed by atoms with van der Waals surface area (Å²) in [5.74, 6) is 0. The van der Waals surface area contributed by atoms with Crippen LogP contribution in [-0.2, 0) is 0 Å². The van der Waals surface area contributed by atoms with E-state index < -0.39 is 0 Å². The van der Waals surface area contributed by atoms with E-state index in [0.717, 1.165) is 44.4 Å². The van der Waals surface area contributed by atoms with Crippen molar-refractivity contribution in [2.45, 2.75) is 0 Å². The fourth-order valence-electron chi connectivity index (χ4n) is 7.01. The van der Waals surface area contributed by atoms with E-state index in [0.29, 0.717) is 0 Å². The van der Waals surface area contributed by atoms with Gasteiger partial charge >= 0.3 is 0 Å². The molecule has 10 aromatic rings. The number of anilines is 3. The van der Waals surface area contributed by atoms with Crippen LogP contribution in [0.25, 0.3) is 73.4 Å². The molecule has 0 saturated heterocycles.